The van der Waals surface area contributed by atoms with Crippen LogP contribution in [0.4, 0.5) is 0 Å². The van der Waals surface area contributed by atoms with Crippen molar-refractivity contribution < 1.29 is 98.1 Å². The van der Waals surface area contributed by atoms with Gasteiger partial charge in [-0.05, 0) is 10.8 Å². The fraction of sp³-hybridized carbons (Fsp3) is 0. The number of fused-ring (bicyclic) bond motifs is 1. The first-order valence-electron chi connectivity index (χ1n) is 11.3. The monoisotopic (exact) mass is 729 g/mol. The van der Waals surface area contributed by atoms with E-state index in [2.05, 4.69) is 54.6 Å². The Morgan fingerprint density at radius 3 is 1.00 bits per heavy atom. The summed E-state index contributed by atoms with van der Waals surface area (Å²) in [6, 6.07) is 46.5. The zero-order chi connectivity index (χ0) is 26.3. The van der Waals surface area contributed by atoms with Gasteiger partial charge in [0.25, 0.3) is 0 Å². The first-order chi connectivity index (χ1) is 17.6. The summed E-state index contributed by atoms with van der Waals surface area (Å²) < 4.78 is 0. The average molecular weight is 729 g/mol. The first kappa shape index (κ1) is 42.1. The van der Waals surface area contributed by atoms with Gasteiger partial charge in [0.15, 0.2) is 0 Å². The van der Waals surface area contributed by atoms with Gasteiger partial charge in [0.2, 0.25) is 0 Å². The molecule has 0 saturated carbocycles. The number of hydrogen-bond acceptors (Lipinski definition) is 0. The summed E-state index contributed by atoms with van der Waals surface area (Å²) in [5.74, 6) is 0. The van der Waals surface area contributed by atoms with Gasteiger partial charge in [-0.2, -0.15) is 12.1 Å². The molecule has 0 aromatic heterocycles. The molecular formula is C36H30Y3-6. The molecule has 0 aliphatic heterocycles. The fourth-order valence-electron chi connectivity index (χ4n) is 2.54. The van der Waals surface area contributed by atoms with E-state index >= 15 is 0 Å². The van der Waals surface area contributed by atoms with Crippen molar-refractivity contribution in [2.45, 2.75) is 0 Å². The molecular weight excluding hydrogens is 699 g/mol. The van der Waals surface area contributed by atoms with Crippen LogP contribution in [-0.4, -0.2) is 0 Å². The van der Waals surface area contributed by atoms with E-state index in [1.54, 1.807) is 12.1 Å². The van der Waals surface area contributed by atoms with E-state index in [9.17, 15) is 0 Å². The van der Waals surface area contributed by atoms with Gasteiger partial charge in [0, 0.05) is 98.1 Å². The Morgan fingerprint density at radius 1 is 0.436 bits per heavy atom. The summed E-state index contributed by atoms with van der Waals surface area (Å²) in [7, 11) is 0. The van der Waals surface area contributed by atoms with Crippen molar-refractivity contribution in [2.75, 3.05) is 0 Å². The van der Waals surface area contributed by atoms with E-state index in [0.29, 0.717) is 10.4 Å². The third-order valence-electron chi connectivity index (χ3n) is 4.35. The molecule has 3 radical (unpaired) electrons. The molecule has 5 aromatic rings. The van der Waals surface area contributed by atoms with E-state index in [0.717, 1.165) is 5.56 Å². The molecule has 0 fully saturated rings. The van der Waals surface area contributed by atoms with Crippen LogP contribution in [0.15, 0.2) is 146 Å². The predicted octanol–water partition coefficient (Wildman–Crippen LogP) is 7.68. The quantitative estimate of drug-likeness (QED) is 0.129. The van der Waals surface area contributed by atoms with Crippen molar-refractivity contribution in [1.29, 1.82) is 0 Å². The molecule has 0 bridgehead atoms. The Hall–Kier alpha value is -1.37. The maximum atomic E-state index is 5.39. The van der Waals surface area contributed by atoms with Crippen LogP contribution in [0.2, 0.25) is 0 Å². The van der Waals surface area contributed by atoms with Gasteiger partial charge in [-0.15, -0.1) is 18.2 Å². The molecule has 0 heterocycles. The van der Waals surface area contributed by atoms with E-state index in [4.69, 9.17) is 32.9 Å². The zero-order valence-electron chi connectivity index (χ0n) is 22.1. The second-order valence-electron chi connectivity index (χ2n) is 7.00. The SMILES string of the molecule is [CH-]=CC=[CH-].[CH-]=Cc1[c-]cccc1.[CH-]=c1ccccc1=[CH-].[Y].[Y].[Y].c1ccc2ccccc2c1.c1ccccc1. The van der Waals surface area contributed by atoms with Crippen LogP contribution >= 0.6 is 0 Å². The van der Waals surface area contributed by atoms with E-state index < -0.39 is 0 Å². The van der Waals surface area contributed by atoms with Crippen LogP contribution in [-0.2, 0) is 98.1 Å². The third kappa shape index (κ3) is 22.1. The van der Waals surface area contributed by atoms with Crippen LogP contribution in [0.1, 0.15) is 5.56 Å². The van der Waals surface area contributed by atoms with Crippen molar-refractivity contribution in [3.63, 3.8) is 0 Å². The van der Waals surface area contributed by atoms with Crippen LogP contribution in [0.25, 0.3) is 30.0 Å². The molecule has 0 unspecified atom stereocenters. The molecule has 39 heavy (non-hydrogen) atoms. The zero-order valence-corrected chi connectivity index (χ0v) is 30.6. The van der Waals surface area contributed by atoms with Crippen molar-refractivity contribution in [3.8, 4) is 0 Å². The molecule has 0 nitrogen and oxygen atoms in total. The second kappa shape index (κ2) is 29.6. The van der Waals surface area contributed by atoms with Gasteiger partial charge in [-0.3, -0.25) is 13.2 Å². The standard InChI is InChI=1S/C10H8.2C8H6.C6H6.C4H4.3Y/c1-2-6-10-8-4-3-7-9(10)5-1;1-7-5-3-4-6-8(7)2;1-2-8-6-4-3-5-7-8;1-2-4-6-5-3-1;1-3-4-2;;;/h1-8H;2*1-6H;1-6H;1-4H;;;/q;2*-2;;-2;;;. The van der Waals surface area contributed by atoms with E-state index in [-0.39, 0.29) is 98.1 Å². The molecule has 3 heteroatoms. The van der Waals surface area contributed by atoms with Gasteiger partial charge in [0.05, 0.1) is 0 Å². The van der Waals surface area contributed by atoms with Gasteiger partial charge in [0.1, 0.15) is 0 Å². The minimum atomic E-state index is 0. The molecule has 0 atom stereocenters. The van der Waals surface area contributed by atoms with Crippen molar-refractivity contribution in [1.82, 2.24) is 0 Å². The largest absolute Gasteiger partial charge is 0.394 e. The predicted molar refractivity (Wildman–Crippen MR) is 157 cm³/mol. The summed E-state index contributed by atoms with van der Waals surface area (Å²) in [4.78, 5) is 0. The summed E-state index contributed by atoms with van der Waals surface area (Å²) in [6.07, 6.45) is 4.08. The van der Waals surface area contributed by atoms with Gasteiger partial charge in [-0.1, -0.05) is 84.9 Å². The van der Waals surface area contributed by atoms with Gasteiger partial charge in [-0.25, -0.2) is 24.3 Å². The summed E-state index contributed by atoms with van der Waals surface area (Å²) in [5, 5.41) is 3.91. The van der Waals surface area contributed by atoms with Crippen molar-refractivity contribution in [2.24, 2.45) is 0 Å². The summed E-state index contributed by atoms with van der Waals surface area (Å²) in [6.45, 7) is 25.4. The Kier molecular flexibility index (Phi) is 32.0. The molecule has 0 aliphatic carbocycles. The molecule has 0 N–H and O–H groups in total. The van der Waals surface area contributed by atoms with E-state index in [1.165, 1.54) is 29.0 Å². The van der Waals surface area contributed by atoms with E-state index in [1.807, 2.05) is 72.8 Å². The topological polar surface area (TPSA) is 0 Å². The van der Waals surface area contributed by atoms with Gasteiger partial charge >= 0.3 is 0 Å². The third-order valence-corrected chi connectivity index (χ3v) is 4.35. The summed E-state index contributed by atoms with van der Waals surface area (Å²) >= 11 is 0. The molecule has 0 aliphatic rings. The molecule has 189 valence electrons. The maximum absolute atomic E-state index is 5.39. The van der Waals surface area contributed by atoms with Crippen LogP contribution in [0.5, 0.6) is 0 Å². The minimum Gasteiger partial charge on any atom is -0.394 e. The molecule has 5 rings (SSSR count). The van der Waals surface area contributed by atoms with Crippen LogP contribution in [0.3, 0.4) is 0 Å². The number of benzene rings is 5. The summed E-state index contributed by atoms with van der Waals surface area (Å²) in [5.41, 5.74) is 0.938. The normalized spacial score (nSPS) is 7.90. The smallest absolute Gasteiger partial charge is 0 e. The molecule has 0 saturated heterocycles. The first-order valence-corrected chi connectivity index (χ1v) is 11.3. The van der Waals surface area contributed by atoms with Crippen molar-refractivity contribution in [3.05, 3.63) is 187 Å². The Labute approximate surface area is 311 Å². The molecule has 0 spiro atoms. The van der Waals surface area contributed by atoms with Crippen LogP contribution in [0, 0.1) is 25.8 Å². The Morgan fingerprint density at radius 2 is 0.769 bits per heavy atom. The Bertz CT molecular complexity index is 1240. The molecule has 0 amide bonds. The Balaban J connectivity index is -0.000000419. The van der Waals surface area contributed by atoms with Crippen molar-refractivity contribution >= 4 is 30.0 Å². The maximum Gasteiger partial charge on any atom is 0 e. The van der Waals surface area contributed by atoms with Crippen LogP contribution < -0.4 is 10.4 Å². The van der Waals surface area contributed by atoms with Gasteiger partial charge < -0.3 is 54.0 Å². The number of hydrogen-bond donors (Lipinski definition) is 0. The minimum absolute atomic E-state index is 0. The number of rotatable bonds is 2. The fourth-order valence-corrected chi connectivity index (χ4v) is 2.54. The average Bonchev–Trinajstić information content (AvgIpc) is 2.97. The number of allylic oxidation sites excluding steroid dienone is 2. The second-order valence-corrected chi connectivity index (χ2v) is 7.00. The molecule has 5 aromatic carbocycles.